The van der Waals surface area contributed by atoms with Gasteiger partial charge in [0.05, 0.1) is 24.2 Å². The van der Waals surface area contributed by atoms with Crippen LogP contribution < -0.4 is 5.46 Å². The Labute approximate surface area is 151 Å². The summed E-state index contributed by atoms with van der Waals surface area (Å²) in [6.45, 7) is 10.3. The van der Waals surface area contributed by atoms with Gasteiger partial charge in [-0.3, -0.25) is 4.79 Å². The average Bonchev–Trinajstić information content (AvgIpc) is 3.06. The number of ether oxygens (including phenoxy) is 1. The smallest absolute Gasteiger partial charge is 0.469 e. The van der Waals surface area contributed by atoms with Crippen LogP contribution in [0.3, 0.4) is 0 Å². The summed E-state index contributed by atoms with van der Waals surface area (Å²) in [5, 5.41) is 0. The highest BCUT2D eigenvalue weighted by Crippen LogP contribution is 2.41. The Morgan fingerprint density at radius 3 is 2.48 bits per heavy atom. The van der Waals surface area contributed by atoms with E-state index in [2.05, 4.69) is 52.8 Å². The van der Waals surface area contributed by atoms with Gasteiger partial charge < -0.3 is 14.0 Å². The first-order chi connectivity index (χ1) is 11.7. The number of fused-ring (bicyclic) bond motifs is 1. The zero-order valence-electron chi connectivity index (χ0n) is 16.2. The minimum Gasteiger partial charge on any atom is -0.469 e. The largest absolute Gasteiger partial charge is 0.494 e. The molecule has 0 N–H and O–H groups in total. The lowest BCUT2D eigenvalue weighted by Gasteiger charge is -2.32. The molecule has 136 valence electrons. The third-order valence-corrected chi connectivity index (χ3v) is 6.25. The van der Waals surface area contributed by atoms with Crippen LogP contribution in [0.15, 0.2) is 18.2 Å². The Morgan fingerprint density at radius 1 is 1.28 bits per heavy atom. The van der Waals surface area contributed by atoms with E-state index in [4.69, 9.17) is 14.0 Å². The first-order valence-electron chi connectivity index (χ1n) is 9.26. The zero-order chi connectivity index (χ0) is 18.4. The van der Waals surface area contributed by atoms with Crippen LogP contribution in [0.1, 0.15) is 64.5 Å². The second-order valence-electron chi connectivity index (χ2n) is 8.23. The van der Waals surface area contributed by atoms with Crippen LogP contribution in [0.25, 0.3) is 0 Å². The van der Waals surface area contributed by atoms with Gasteiger partial charge in [0.15, 0.2) is 0 Å². The third-order valence-electron chi connectivity index (χ3n) is 6.25. The number of methoxy groups -OCH3 is 1. The van der Waals surface area contributed by atoms with Crippen LogP contribution in [-0.4, -0.2) is 31.4 Å². The number of esters is 1. The molecule has 0 spiro atoms. The van der Waals surface area contributed by atoms with Crippen LogP contribution in [0, 0.1) is 5.92 Å². The van der Waals surface area contributed by atoms with E-state index in [0.717, 1.165) is 24.7 Å². The van der Waals surface area contributed by atoms with Crippen molar-refractivity contribution in [3.8, 4) is 0 Å². The van der Waals surface area contributed by atoms with Crippen molar-refractivity contribution in [2.45, 2.75) is 71.0 Å². The summed E-state index contributed by atoms with van der Waals surface area (Å²) in [4.78, 5) is 12.1. The first-order valence-corrected chi connectivity index (χ1v) is 9.26. The molecule has 2 unspecified atom stereocenters. The van der Waals surface area contributed by atoms with E-state index < -0.39 is 0 Å². The van der Waals surface area contributed by atoms with Crippen molar-refractivity contribution in [2.75, 3.05) is 7.11 Å². The summed E-state index contributed by atoms with van der Waals surface area (Å²) in [7, 11) is 1.14. The molecular weight excluding hydrogens is 315 g/mol. The van der Waals surface area contributed by atoms with E-state index >= 15 is 0 Å². The van der Waals surface area contributed by atoms with Crippen molar-refractivity contribution in [2.24, 2.45) is 5.92 Å². The first kappa shape index (κ1) is 18.5. The molecule has 2 atom stereocenters. The summed E-state index contributed by atoms with van der Waals surface area (Å²) in [5.74, 6) is 0.0872. The van der Waals surface area contributed by atoms with Gasteiger partial charge in [0.2, 0.25) is 0 Å². The van der Waals surface area contributed by atoms with Gasteiger partial charge in [0.25, 0.3) is 0 Å². The molecule has 0 radical (unpaired) electrons. The molecule has 0 saturated carbocycles. The average molecular weight is 344 g/mol. The number of rotatable bonds is 4. The SMILES string of the molecule is CCC(C(=O)OC)C1CCc2cc(B3OC(C)(C)C(C)(C)O3)ccc21. The molecule has 3 rings (SSSR count). The molecule has 1 aromatic carbocycles. The maximum absolute atomic E-state index is 12.1. The molecule has 1 aliphatic carbocycles. The third kappa shape index (κ3) is 3.13. The van der Waals surface area contributed by atoms with Crippen molar-refractivity contribution >= 4 is 18.6 Å². The molecule has 1 heterocycles. The van der Waals surface area contributed by atoms with E-state index in [-0.39, 0.29) is 36.1 Å². The fourth-order valence-electron chi connectivity index (χ4n) is 3.98. The van der Waals surface area contributed by atoms with Crippen LogP contribution in [0.2, 0.25) is 0 Å². The van der Waals surface area contributed by atoms with Crippen LogP contribution in [0.5, 0.6) is 0 Å². The second kappa shape index (κ2) is 6.44. The van der Waals surface area contributed by atoms with Crippen molar-refractivity contribution in [3.05, 3.63) is 29.3 Å². The fraction of sp³-hybridized carbons (Fsp3) is 0.650. The van der Waals surface area contributed by atoms with Gasteiger partial charge in [-0.05, 0) is 69.5 Å². The molecule has 4 nitrogen and oxygen atoms in total. The van der Waals surface area contributed by atoms with Gasteiger partial charge in [-0.1, -0.05) is 25.1 Å². The number of carbonyl (C=O) groups excluding carboxylic acids is 1. The molecule has 5 heteroatoms. The molecule has 0 amide bonds. The van der Waals surface area contributed by atoms with Crippen LogP contribution in [-0.2, 0) is 25.3 Å². The molecule has 25 heavy (non-hydrogen) atoms. The Hall–Kier alpha value is -1.33. The van der Waals surface area contributed by atoms with Crippen LogP contribution >= 0.6 is 0 Å². The maximum atomic E-state index is 12.1. The Balaban J connectivity index is 1.84. The topological polar surface area (TPSA) is 44.8 Å². The summed E-state index contributed by atoms with van der Waals surface area (Å²) in [6.07, 6.45) is 2.78. The normalized spacial score (nSPS) is 24.9. The van der Waals surface area contributed by atoms with Crippen molar-refractivity contribution < 1.29 is 18.8 Å². The molecule has 1 fully saturated rings. The predicted octanol–water partition coefficient (Wildman–Crippen LogP) is 3.21. The van der Waals surface area contributed by atoms with Gasteiger partial charge in [0.1, 0.15) is 0 Å². The summed E-state index contributed by atoms with van der Waals surface area (Å²) >= 11 is 0. The number of carbonyl (C=O) groups is 1. The van der Waals surface area contributed by atoms with Gasteiger partial charge in [-0.15, -0.1) is 0 Å². The standard InChI is InChI=1S/C20H29BO4/c1-7-15(18(22)23-6)17-10-8-13-12-14(9-11-16(13)17)21-24-19(2,3)20(4,5)25-21/h9,11-12,15,17H,7-8,10H2,1-6H3. The molecule has 0 bridgehead atoms. The number of aryl methyl sites for hydroxylation is 1. The Bertz CT molecular complexity index is 652. The van der Waals surface area contributed by atoms with E-state index in [1.807, 2.05) is 0 Å². The van der Waals surface area contributed by atoms with Gasteiger partial charge >= 0.3 is 13.1 Å². The van der Waals surface area contributed by atoms with Gasteiger partial charge in [-0.2, -0.15) is 0 Å². The minimum atomic E-state index is -0.336. The molecule has 1 aromatic rings. The van der Waals surface area contributed by atoms with Crippen molar-refractivity contribution in [1.82, 2.24) is 0 Å². The highest BCUT2D eigenvalue weighted by atomic mass is 16.7. The van der Waals surface area contributed by atoms with Crippen LogP contribution in [0.4, 0.5) is 0 Å². The molecule has 2 aliphatic rings. The maximum Gasteiger partial charge on any atom is 0.494 e. The number of hydrogen-bond donors (Lipinski definition) is 0. The molecular formula is C20H29BO4. The quantitative estimate of drug-likeness (QED) is 0.622. The fourth-order valence-corrected chi connectivity index (χ4v) is 3.98. The van der Waals surface area contributed by atoms with Crippen molar-refractivity contribution in [3.63, 3.8) is 0 Å². The van der Waals surface area contributed by atoms with Gasteiger partial charge in [0, 0.05) is 0 Å². The number of benzene rings is 1. The van der Waals surface area contributed by atoms with Crippen molar-refractivity contribution in [1.29, 1.82) is 0 Å². The van der Waals surface area contributed by atoms with Gasteiger partial charge in [-0.25, -0.2) is 0 Å². The van der Waals surface area contributed by atoms with E-state index in [1.165, 1.54) is 18.2 Å². The van der Waals surface area contributed by atoms with E-state index in [0.29, 0.717) is 0 Å². The lowest BCUT2D eigenvalue weighted by molar-refractivity contribution is -0.146. The zero-order valence-corrected chi connectivity index (χ0v) is 16.2. The Morgan fingerprint density at radius 2 is 1.92 bits per heavy atom. The summed E-state index contributed by atoms with van der Waals surface area (Å²) < 4.78 is 17.3. The molecule has 1 aliphatic heterocycles. The predicted molar refractivity (Wildman–Crippen MR) is 99.0 cm³/mol. The molecule has 0 aromatic heterocycles. The Kier molecular flexibility index (Phi) is 4.76. The minimum absolute atomic E-state index is 0.0612. The number of hydrogen-bond acceptors (Lipinski definition) is 4. The van der Waals surface area contributed by atoms with E-state index in [9.17, 15) is 4.79 Å². The van der Waals surface area contributed by atoms with E-state index in [1.54, 1.807) is 0 Å². The lowest BCUT2D eigenvalue weighted by Crippen LogP contribution is -2.41. The summed E-state index contributed by atoms with van der Waals surface area (Å²) in [5.41, 5.74) is 2.97. The lowest BCUT2D eigenvalue weighted by atomic mass is 9.77. The highest BCUT2D eigenvalue weighted by molar-refractivity contribution is 6.62. The molecule has 1 saturated heterocycles. The monoisotopic (exact) mass is 344 g/mol. The highest BCUT2D eigenvalue weighted by Gasteiger charge is 2.51. The summed E-state index contributed by atoms with van der Waals surface area (Å²) in [6, 6.07) is 6.43. The second-order valence-corrected chi connectivity index (χ2v) is 8.23.